The first-order chi connectivity index (χ1) is 7.16. The minimum atomic E-state index is 0.490. The van der Waals surface area contributed by atoms with Gasteiger partial charge in [0.1, 0.15) is 5.82 Å². The van der Waals surface area contributed by atoms with Gasteiger partial charge in [0.2, 0.25) is 0 Å². The van der Waals surface area contributed by atoms with E-state index in [2.05, 4.69) is 30.1 Å². The lowest BCUT2D eigenvalue weighted by Crippen LogP contribution is -2.30. The third kappa shape index (κ3) is 3.30. The summed E-state index contributed by atoms with van der Waals surface area (Å²) in [5.74, 6) is 1.78. The number of pyridine rings is 1. The average molecular weight is 225 g/mol. The highest BCUT2D eigenvalue weighted by Crippen LogP contribution is 2.22. The monoisotopic (exact) mass is 225 g/mol. The predicted octanol–water partition coefficient (Wildman–Crippen LogP) is 2.24. The van der Waals surface area contributed by atoms with E-state index in [1.54, 1.807) is 6.20 Å². The zero-order valence-electron chi connectivity index (χ0n) is 9.60. The molecule has 0 aliphatic carbocycles. The zero-order valence-corrected chi connectivity index (χ0v) is 10.4. The van der Waals surface area contributed by atoms with Crippen molar-refractivity contribution in [2.24, 2.45) is 0 Å². The van der Waals surface area contributed by atoms with Crippen molar-refractivity contribution < 1.29 is 0 Å². The van der Waals surface area contributed by atoms with Gasteiger partial charge in [0.15, 0.2) is 0 Å². The topological polar surface area (TPSA) is 42.2 Å². The number of nitrogens with two attached hydrogens (primary N) is 1. The summed E-state index contributed by atoms with van der Waals surface area (Å²) in [6.45, 7) is 2.21. The van der Waals surface area contributed by atoms with Crippen molar-refractivity contribution in [2.45, 2.75) is 19.4 Å². The maximum absolute atomic E-state index is 5.83. The Morgan fingerprint density at radius 2 is 2.33 bits per heavy atom. The fourth-order valence-corrected chi connectivity index (χ4v) is 2.00. The number of hydrogen-bond acceptors (Lipinski definition) is 4. The van der Waals surface area contributed by atoms with Crippen LogP contribution in [0.2, 0.25) is 0 Å². The van der Waals surface area contributed by atoms with Gasteiger partial charge in [-0.05, 0) is 37.5 Å². The summed E-state index contributed by atoms with van der Waals surface area (Å²) in [6, 6.07) is 4.42. The largest absolute Gasteiger partial charge is 0.382 e. The standard InChI is InChI=1S/C11H19N3S/c1-9(6-8-15-3)14(2)10-5-4-7-13-11(10)12/h4-5,7,9H,6,8H2,1-3H3,(H2,12,13). The molecule has 84 valence electrons. The van der Waals surface area contributed by atoms with Crippen molar-refractivity contribution in [3.63, 3.8) is 0 Å². The van der Waals surface area contributed by atoms with Crippen LogP contribution in [0.4, 0.5) is 11.5 Å². The molecule has 1 unspecified atom stereocenters. The molecule has 0 amide bonds. The van der Waals surface area contributed by atoms with Gasteiger partial charge in [-0.2, -0.15) is 11.8 Å². The molecule has 0 fully saturated rings. The highest BCUT2D eigenvalue weighted by molar-refractivity contribution is 7.98. The van der Waals surface area contributed by atoms with Crippen LogP contribution in [0.3, 0.4) is 0 Å². The van der Waals surface area contributed by atoms with Crippen LogP contribution in [0.15, 0.2) is 18.3 Å². The molecule has 0 bridgehead atoms. The highest BCUT2D eigenvalue weighted by atomic mass is 32.2. The molecule has 1 aromatic rings. The second kappa shape index (κ2) is 5.85. The Bertz CT molecular complexity index is 304. The Labute approximate surface area is 96.1 Å². The SMILES string of the molecule is CSCCC(C)N(C)c1cccnc1N. The van der Waals surface area contributed by atoms with Gasteiger partial charge >= 0.3 is 0 Å². The van der Waals surface area contributed by atoms with Crippen molar-refractivity contribution in [2.75, 3.05) is 29.7 Å². The summed E-state index contributed by atoms with van der Waals surface area (Å²) in [4.78, 5) is 6.29. The summed E-state index contributed by atoms with van der Waals surface area (Å²) >= 11 is 1.87. The van der Waals surface area contributed by atoms with Crippen LogP contribution in [0.25, 0.3) is 0 Å². The zero-order chi connectivity index (χ0) is 11.3. The number of rotatable bonds is 5. The van der Waals surface area contributed by atoms with Gasteiger partial charge in [0.25, 0.3) is 0 Å². The van der Waals surface area contributed by atoms with E-state index >= 15 is 0 Å². The lowest BCUT2D eigenvalue weighted by atomic mass is 10.2. The number of hydrogen-bond donors (Lipinski definition) is 1. The average Bonchev–Trinajstić information content (AvgIpc) is 2.25. The molecule has 3 nitrogen and oxygen atoms in total. The molecule has 2 N–H and O–H groups in total. The third-order valence-electron chi connectivity index (χ3n) is 2.60. The normalized spacial score (nSPS) is 12.5. The molecule has 0 saturated carbocycles. The summed E-state index contributed by atoms with van der Waals surface area (Å²) in [5.41, 5.74) is 6.85. The third-order valence-corrected chi connectivity index (χ3v) is 3.24. The Kier molecular flexibility index (Phi) is 4.75. The molecule has 1 aromatic heterocycles. The molecule has 0 saturated heterocycles. The smallest absolute Gasteiger partial charge is 0.146 e. The quantitative estimate of drug-likeness (QED) is 0.834. The first kappa shape index (κ1) is 12.2. The van der Waals surface area contributed by atoms with Crippen LogP contribution < -0.4 is 10.6 Å². The van der Waals surface area contributed by atoms with Gasteiger partial charge in [-0.3, -0.25) is 0 Å². The molecule has 0 aromatic carbocycles. The lowest BCUT2D eigenvalue weighted by Gasteiger charge is -2.27. The Balaban J connectivity index is 2.67. The molecule has 15 heavy (non-hydrogen) atoms. The van der Waals surface area contributed by atoms with Gasteiger partial charge in [0.05, 0.1) is 5.69 Å². The number of nitrogens with zero attached hydrogens (tertiary/aromatic N) is 2. The summed E-state index contributed by atoms with van der Waals surface area (Å²) in [7, 11) is 2.07. The van der Waals surface area contributed by atoms with Gasteiger partial charge in [-0.1, -0.05) is 0 Å². The molecule has 1 heterocycles. The van der Waals surface area contributed by atoms with E-state index in [-0.39, 0.29) is 0 Å². The molecular formula is C11H19N3S. The van der Waals surface area contributed by atoms with E-state index in [4.69, 9.17) is 5.73 Å². The molecule has 1 atom stereocenters. The van der Waals surface area contributed by atoms with Crippen LogP contribution in [0, 0.1) is 0 Å². The summed E-state index contributed by atoms with van der Waals surface area (Å²) < 4.78 is 0. The number of anilines is 2. The van der Waals surface area contributed by atoms with E-state index in [1.165, 1.54) is 5.75 Å². The van der Waals surface area contributed by atoms with E-state index in [1.807, 2.05) is 23.9 Å². The van der Waals surface area contributed by atoms with Crippen LogP contribution in [-0.2, 0) is 0 Å². The molecule has 4 heteroatoms. The van der Waals surface area contributed by atoms with E-state index in [9.17, 15) is 0 Å². The maximum atomic E-state index is 5.83. The second-order valence-corrected chi connectivity index (χ2v) is 4.63. The summed E-state index contributed by atoms with van der Waals surface area (Å²) in [6.07, 6.45) is 5.01. The number of aromatic nitrogens is 1. The minimum Gasteiger partial charge on any atom is -0.382 e. The predicted molar refractivity (Wildman–Crippen MR) is 69.5 cm³/mol. The Morgan fingerprint density at radius 1 is 1.60 bits per heavy atom. The number of thioether (sulfide) groups is 1. The molecule has 0 aliphatic rings. The minimum absolute atomic E-state index is 0.490. The molecular weight excluding hydrogens is 206 g/mol. The van der Waals surface area contributed by atoms with Crippen molar-refractivity contribution in [1.29, 1.82) is 0 Å². The van der Waals surface area contributed by atoms with Gasteiger partial charge < -0.3 is 10.6 Å². The van der Waals surface area contributed by atoms with Crippen LogP contribution >= 0.6 is 11.8 Å². The first-order valence-electron chi connectivity index (χ1n) is 5.09. The first-order valence-corrected chi connectivity index (χ1v) is 6.48. The van der Waals surface area contributed by atoms with Crippen LogP contribution in [-0.4, -0.2) is 30.1 Å². The van der Waals surface area contributed by atoms with Crippen molar-refractivity contribution in [1.82, 2.24) is 4.98 Å². The van der Waals surface area contributed by atoms with Gasteiger partial charge in [0, 0.05) is 19.3 Å². The highest BCUT2D eigenvalue weighted by Gasteiger charge is 2.11. The molecule has 0 spiro atoms. The molecule has 0 aliphatic heterocycles. The summed E-state index contributed by atoms with van der Waals surface area (Å²) in [5, 5.41) is 0. The fourth-order valence-electron chi connectivity index (χ4n) is 1.43. The van der Waals surface area contributed by atoms with E-state index in [0.717, 1.165) is 12.1 Å². The maximum Gasteiger partial charge on any atom is 0.146 e. The van der Waals surface area contributed by atoms with Crippen LogP contribution in [0.1, 0.15) is 13.3 Å². The number of nitrogen functional groups attached to an aromatic ring is 1. The van der Waals surface area contributed by atoms with Crippen molar-refractivity contribution >= 4 is 23.3 Å². The van der Waals surface area contributed by atoms with E-state index in [0.29, 0.717) is 11.9 Å². The van der Waals surface area contributed by atoms with E-state index < -0.39 is 0 Å². The van der Waals surface area contributed by atoms with Crippen molar-refractivity contribution in [3.05, 3.63) is 18.3 Å². The second-order valence-electron chi connectivity index (χ2n) is 3.65. The van der Waals surface area contributed by atoms with Crippen molar-refractivity contribution in [3.8, 4) is 0 Å². The Morgan fingerprint density at radius 3 is 2.93 bits per heavy atom. The Hall–Kier alpha value is -0.900. The van der Waals surface area contributed by atoms with Gasteiger partial charge in [-0.25, -0.2) is 4.98 Å². The van der Waals surface area contributed by atoms with Gasteiger partial charge in [-0.15, -0.1) is 0 Å². The fraction of sp³-hybridized carbons (Fsp3) is 0.545. The molecule has 1 rings (SSSR count). The van der Waals surface area contributed by atoms with Crippen LogP contribution in [0.5, 0.6) is 0 Å². The lowest BCUT2D eigenvalue weighted by molar-refractivity contribution is 0.669. The molecule has 0 radical (unpaired) electrons.